The van der Waals surface area contributed by atoms with Crippen LogP contribution < -0.4 is 10.2 Å². The van der Waals surface area contributed by atoms with Crippen LogP contribution in [0.15, 0.2) is 83.9 Å². The summed E-state index contributed by atoms with van der Waals surface area (Å²) in [5.74, 6) is 1.10. The van der Waals surface area contributed by atoms with Crippen LogP contribution in [-0.2, 0) is 6.54 Å². The zero-order chi connectivity index (χ0) is 20.9. The number of nitrogens with one attached hydrogen (secondary N) is 1. The van der Waals surface area contributed by atoms with Gasteiger partial charge in [0.2, 0.25) is 0 Å². The van der Waals surface area contributed by atoms with E-state index < -0.39 is 0 Å². The molecule has 0 bridgehead atoms. The zero-order valence-electron chi connectivity index (χ0n) is 17.7. The average molecular weight is 416 g/mol. The van der Waals surface area contributed by atoms with Crippen LogP contribution in [0.4, 0.5) is 0 Å². The topological polar surface area (TPSA) is 64.9 Å². The van der Waals surface area contributed by atoms with Crippen LogP contribution in [0.1, 0.15) is 30.2 Å². The number of benzene rings is 1. The number of nitrogens with zero attached hydrogens (tertiary/aromatic N) is 3. The van der Waals surface area contributed by atoms with Gasteiger partial charge in [0.25, 0.3) is 0 Å². The first kappa shape index (κ1) is 19.7. The van der Waals surface area contributed by atoms with Gasteiger partial charge in [0, 0.05) is 37.0 Å². The zero-order valence-corrected chi connectivity index (χ0v) is 17.7. The Labute approximate surface area is 182 Å². The van der Waals surface area contributed by atoms with Crippen molar-refractivity contribution in [2.45, 2.75) is 25.4 Å². The Kier molecular flexibility index (Phi) is 5.91. The van der Waals surface area contributed by atoms with Crippen molar-refractivity contribution in [2.75, 3.05) is 19.6 Å². The Morgan fingerprint density at radius 3 is 2.65 bits per heavy atom. The first-order chi connectivity index (χ1) is 15.4. The summed E-state index contributed by atoms with van der Waals surface area (Å²) in [5.41, 5.74) is 4.32. The molecule has 4 aromatic rings. The Hall–Kier alpha value is -3.22. The highest BCUT2D eigenvalue weighted by Gasteiger charge is 2.31. The lowest BCUT2D eigenvalue weighted by molar-refractivity contribution is -0.936. The smallest absolute Gasteiger partial charge is 0.195 e. The summed E-state index contributed by atoms with van der Waals surface area (Å²) < 4.78 is 7.77. The summed E-state index contributed by atoms with van der Waals surface area (Å²) in [5, 5.41) is 7.30. The van der Waals surface area contributed by atoms with E-state index in [4.69, 9.17) is 9.52 Å². The SMILES string of the molecule is c1ccc(-n2cc(C[NH2+]C[C@H](c3ccco3)[NH+]3CCCC3)c(-c3cccnc3)n2)cc1. The average Bonchev–Trinajstić information content (AvgIpc) is 3.60. The van der Waals surface area contributed by atoms with Gasteiger partial charge in [-0.05, 0) is 36.4 Å². The third-order valence-electron chi connectivity index (χ3n) is 6.14. The van der Waals surface area contributed by atoms with Gasteiger partial charge in [-0.1, -0.05) is 18.2 Å². The molecule has 3 N–H and O–H groups in total. The Bertz CT molecular complexity index is 1070. The number of furan rings is 1. The maximum atomic E-state index is 5.80. The highest BCUT2D eigenvalue weighted by atomic mass is 16.3. The van der Waals surface area contributed by atoms with E-state index in [1.807, 2.05) is 41.2 Å². The molecule has 158 valence electrons. The van der Waals surface area contributed by atoms with Crippen LogP contribution in [0.3, 0.4) is 0 Å². The Morgan fingerprint density at radius 2 is 1.90 bits per heavy atom. The highest BCUT2D eigenvalue weighted by molar-refractivity contribution is 5.61. The number of aromatic nitrogens is 3. The van der Waals surface area contributed by atoms with Crippen LogP contribution in [0.25, 0.3) is 16.9 Å². The number of nitrogens with two attached hydrogens (primary N) is 1. The number of rotatable bonds is 8. The minimum atomic E-state index is 0.392. The van der Waals surface area contributed by atoms with Crippen molar-refractivity contribution >= 4 is 0 Å². The molecule has 4 heterocycles. The maximum Gasteiger partial charge on any atom is 0.195 e. The number of pyridine rings is 1. The monoisotopic (exact) mass is 415 g/mol. The van der Waals surface area contributed by atoms with E-state index in [0.717, 1.165) is 35.8 Å². The van der Waals surface area contributed by atoms with E-state index in [2.05, 4.69) is 40.8 Å². The van der Waals surface area contributed by atoms with Crippen LogP contribution >= 0.6 is 0 Å². The molecular weight excluding hydrogens is 386 g/mol. The normalized spacial score (nSPS) is 15.4. The molecular formula is C25H29N5O+2. The van der Waals surface area contributed by atoms with Gasteiger partial charge in [-0.25, -0.2) is 4.68 Å². The van der Waals surface area contributed by atoms with Gasteiger partial charge < -0.3 is 14.6 Å². The highest BCUT2D eigenvalue weighted by Crippen LogP contribution is 2.22. The molecule has 0 unspecified atom stereocenters. The summed E-state index contributed by atoms with van der Waals surface area (Å²) in [6, 6.07) is 18.8. The molecule has 1 saturated heterocycles. The number of hydrogen-bond acceptors (Lipinski definition) is 3. The van der Waals surface area contributed by atoms with E-state index in [1.165, 1.54) is 31.5 Å². The lowest BCUT2D eigenvalue weighted by atomic mass is 10.1. The summed E-state index contributed by atoms with van der Waals surface area (Å²) in [4.78, 5) is 5.94. The Morgan fingerprint density at radius 1 is 1.03 bits per heavy atom. The summed E-state index contributed by atoms with van der Waals surface area (Å²) in [6.07, 6.45) is 10.3. The molecule has 0 amide bonds. The van der Waals surface area contributed by atoms with E-state index in [0.29, 0.717) is 6.04 Å². The molecule has 0 spiro atoms. The molecule has 6 nitrogen and oxygen atoms in total. The third-order valence-corrected chi connectivity index (χ3v) is 6.14. The first-order valence-corrected chi connectivity index (χ1v) is 11.1. The van der Waals surface area contributed by atoms with Gasteiger partial charge >= 0.3 is 0 Å². The molecule has 1 aromatic carbocycles. The molecule has 31 heavy (non-hydrogen) atoms. The summed E-state index contributed by atoms with van der Waals surface area (Å²) >= 11 is 0. The molecule has 0 aliphatic carbocycles. The van der Waals surface area contributed by atoms with Crippen LogP contribution in [0.2, 0.25) is 0 Å². The van der Waals surface area contributed by atoms with Crippen LogP contribution in [0, 0.1) is 0 Å². The van der Waals surface area contributed by atoms with Crippen molar-refractivity contribution in [3.8, 4) is 16.9 Å². The van der Waals surface area contributed by atoms with E-state index >= 15 is 0 Å². The van der Waals surface area contributed by atoms with E-state index in [1.54, 1.807) is 17.4 Å². The van der Waals surface area contributed by atoms with Crippen molar-refractivity contribution < 1.29 is 14.6 Å². The molecule has 0 saturated carbocycles. The van der Waals surface area contributed by atoms with Crippen molar-refractivity contribution in [3.05, 3.63) is 90.8 Å². The van der Waals surface area contributed by atoms with Gasteiger partial charge in [-0.15, -0.1) is 0 Å². The predicted molar refractivity (Wildman–Crippen MR) is 119 cm³/mol. The van der Waals surface area contributed by atoms with Gasteiger partial charge in [-0.2, -0.15) is 5.10 Å². The molecule has 1 aliphatic heterocycles. The summed E-state index contributed by atoms with van der Waals surface area (Å²) in [6.45, 7) is 4.31. The standard InChI is InChI=1S/C25H27N5O/c1-2-9-22(10-3-1)30-19-21(25(28-30)20-8-6-12-26-16-20)17-27-18-23(24-11-7-15-31-24)29-13-4-5-14-29/h1-3,6-12,15-16,19,23,27H,4-5,13-14,17-18H2/p+2/t23-/m1/s1. The van der Waals surface area contributed by atoms with Gasteiger partial charge in [-0.3, -0.25) is 4.98 Å². The van der Waals surface area contributed by atoms with Crippen molar-refractivity contribution in [2.24, 2.45) is 0 Å². The lowest BCUT2D eigenvalue weighted by Gasteiger charge is -2.21. The molecule has 0 radical (unpaired) electrons. The Balaban J connectivity index is 1.37. The molecule has 5 rings (SSSR count). The van der Waals surface area contributed by atoms with Crippen molar-refractivity contribution in [3.63, 3.8) is 0 Å². The minimum absolute atomic E-state index is 0.392. The van der Waals surface area contributed by atoms with Crippen molar-refractivity contribution in [1.82, 2.24) is 14.8 Å². The van der Waals surface area contributed by atoms with Gasteiger partial charge in [0.1, 0.15) is 18.8 Å². The van der Waals surface area contributed by atoms with Crippen LogP contribution in [0.5, 0.6) is 0 Å². The molecule has 1 fully saturated rings. The predicted octanol–water partition coefficient (Wildman–Crippen LogP) is 2.01. The van der Waals surface area contributed by atoms with Gasteiger partial charge in [0.05, 0.1) is 30.6 Å². The van der Waals surface area contributed by atoms with Crippen molar-refractivity contribution in [1.29, 1.82) is 0 Å². The number of likely N-dealkylation sites (tertiary alicyclic amines) is 1. The quantitative estimate of drug-likeness (QED) is 0.463. The van der Waals surface area contributed by atoms with E-state index in [-0.39, 0.29) is 0 Å². The second-order valence-electron chi connectivity index (χ2n) is 8.19. The first-order valence-electron chi connectivity index (χ1n) is 11.1. The molecule has 6 heteroatoms. The fourth-order valence-corrected chi connectivity index (χ4v) is 4.57. The second-order valence-corrected chi connectivity index (χ2v) is 8.19. The number of quaternary nitrogens is 2. The van der Waals surface area contributed by atoms with Crippen LogP contribution in [-0.4, -0.2) is 34.4 Å². The minimum Gasteiger partial charge on any atom is -0.463 e. The largest absolute Gasteiger partial charge is 0.463 e. The molecule has 1 aliphatic rings. The fraction of sp³-hybridized carbons (Fsp3) is 0.280. The van der Waals surface area contributed by atoms with E-state index in [9.17, 15) is 0 Å². The second kappa shape index (κ2) is 9.29. The molecule has 3 aromatic heterocycles. The lowest BCUT2D eigenvalue weighted by Crippen LogP contribution is -3.13. The summed E-state index contributed by atoms with van der Waals surface area (Å²) in [7, 11) is 0. The van der Waals surface area contributed by atoms with Gasteiger partial charge in [0.15, 0.2) is 11.8 Å². The maximum absolute atomic E-state index is 5.80. The molecule has 1 atom stereocenters. The fourth-order valence-electron chi connectivity index (χ4n) is 4.57. The number of para-hydroxylation sites is 1. The number of hydrogen-bond donors (Lipinski definition) is 2. The third kappa shape index (κ3) is 4.45.